The van der Waals surface area contributed by atoms with Gasteiger partial charge >= 0.3 is 0 Å². The third kappa shape index (κ3) is 2.41. The third-order valence-electron chi connectivity index (χ3n) is 2.85. The zero-order valence-corrected chi connectivity index (χ0v) is 10.2. The van der Waals surface area contributed by atoms with Crippen molar-refractivity contribution in [2.24, 2.45) is 0 Å². The molecule has 1 atom stereocenters. The maximum Gasteiger partial charge on any atom is 0.182 e. The first-order valence-electron chi connectivity index (χ1n) is 5.56. The van der Waals surface area contributed by atoms with Crippen LogP contribution in [0.4, 0.5) is 0 Å². The zero-order chi connectivity index (χ0) is 10.9. The average Bonchev–Trinajstić information content (AvgIpc) is 2.65. The predicted octanol–water partition coefficient (Wildman–Crippen LogP) is 0.897. The zero-order valence-electron chi connectivity index (χ0n) is 9.40. The van der Waals surface area contributed by atoms with E-state index < -0.39 is 16.8 Å². The molecule has 0 N–H and O–H groups in total. The Hall–Kier alpha value is 0.0300. The SMILES string of the molecule is CC(C)S(=O)N1CCCC2(C1)OCCO2. The Balaban J connectivity index is 2.00. The van der Waals surface area contributed by atoms with Crippen LogP contribution in [0.25, 0.3) is 0 Å². The molecule has 2 aliphatic heterocycles. The van der Waals surface area contributed by atoms with Gasteiger partial charge in [0.1, 0.15) is 0 Å². The molecule has 5 heteroatoms. The molecule has 2 heterocycles. The first-order valence-corrected chi connectivity index (χ1v) is 6.73. The second-order valence-corrected chi connectivity index (χ2v) is 6.41. The van der Waals surface area contributed by atoms with Crippen molar-refractivity contribution < 1.29 is 13.7 Å². The first kappa shape index (κ1) is 11.5. The summed E-state index contributed by atoms with van der Waals surface area (Å²) in [7, 11) is -0.907. The minimum absolute atomic E-state index is 0.168. The molecular formula is C10H19NO3S. The Morgan fingerprint density at radius 3 is 2.60 bits per heavy atom. The highest BCUT2D eigenvalue weighted by atomic mass is 32.2. The molecule has 2 saturated heterocycles. The van der Waals surface area contributed by atoms with E-state index in [1.807, 2.05) is 18.2 Å². The van der Waals surface area contributed by atoms with E-state index in [0.717, 1.165) is 19.4 Å². The molecule has 15 heavy (non-hydrogen) atoms. The fourth-order valence-electron chi connectivity index (χ4n) is 2.14. The van der Waals surface area contributed by atoms with Gasteiger partial charge in [-0.1, -0.05) is 0 Å². The van der Waals surface area contributed by atoms with Crippen LogP contribution in [0, 0.1) is 0 Å². The smallest absolute Gasteiger partial charge is 0.182 e. The van der Waals surface area contributed by atoms with Crippen molar-refractivity contribution in [3.63, 3.8) is 0 Å². The van der Waals surface area contributed by atoms with E-state index in [9.17, 15) is 4.21 Å². The van der Waals surface area contributed by atoms with E-state index in [2.05, 4.69) is 0 Å². The molecule has 2 fully saturated rings. The van der Waals surface area contributed by atoms with Gasteiger partial charge in [0, 0.05) is 18.2 Å². The number of nitrogens with zero attached hydrogens (tertiary/aromatic N) is 1. The Morgan fingerprint density at radius 1 is 1.33 bits per heavy atom. The Kier molecular flexibility index (Phi) is 3.45. The minimum Gasteiger partial charge on any atom is -0.346 e. The van der Waals surface area contributed by atoms with Crippen molar-refractivity contribution in [1.29, 1.82) is 0 Å². The lowest BCUT2D eigenvalue weighted by molar-refractivity contribution is -0.178. The number of rotatable bonds is 2. The monoisotopic (exact) mass is 233 g/mol. The van der Waals surface area contributed by atoms with Gasteiger partial charge in [0.15, 0.2) is 5.79 Å². The maximum atomic E-state index is 12.0. The van der Waals surface area contributed by atoms with Gasteiger partial charge in [-0.15, -0.1) is 0 Å². The second kappa shape index (κ2) is 4.49. The van der Waals surface area contributed by atoms with Crippen molar-refractivity contribution in [2.75, 3.05) is 26.3 Å². The molecule has 0 radical (unpaired) electrons. The quantitative estimate of drug-likeness (QED) is 0.711. The van der Waals surface area contributed by atoms with E-state index in [0.29, 0.717) is 19.8 Å². The van der Waals surface area contributed by atoms with Crippen LogP contribution >= 0.6 is 0 Å². The highest BCUT2D eigenvalue weighted by molar-refractivity contribution is 7.83. The Labute approximate surface area is 93.5 Å². The van der Waals surface area contributed by atoms with Gasteiger partial charge in [-0.3, -0.25) is 0 Å². The fraction of sp³-hybridized carbons (Fsp3) is 1.00. The summed E-state index contributed by atoms with van der Waals surface area (Å²) in [4.78, 5) is 0. The minimum atomic E-state index is -0.907. The summed E-state index contributed by atoms with van der Waals surface area (Å²) in [5.41, 5.74) is 0. The number of hydrogen-bond acceptors (Lipinski definition) is 3. The van der Waals surface area contributed by atoms with Gasteiger partial charge in [-0.05, 0) is 20.3 Å². The van der Waals surface area contributed by atoms with Crippen LogP contribution < -0.4 is 0 Å². The lowest BCUT2D eigenvalue weighted by Gasteiger charge is -2.38. The van der Waals surface area contributed by atoms with Gasteiger partial charge in [-0.25, -0.2) is 8.51 Å². The molecular weight excluding hydrogens is 214 g/mol. The van der Waals surface area contributed by atoms with Crippen molar-refractivity contribution >= 4 is 11.0 Å². The molecule has 1 spiro atoms. The molecule has 2 rings (SSSR count). The maximum absolute atomic E-state index is 12.0. The van der Waals surface area contributed by atoms with Crippen molar-refractivity contribution in [3.05, 3.63) is 0 Å². The molecule has 0 aromatic carbocycles. The third-order valence-corrected chi connectivity index (χ3v) is 4.48. The largest absolute Gasteiger partial charge is 0.346 e. The Bertz CT molecular complexity index is 251. The molecule has 1 unspecified atom stereocenters. The summed E-state index contributed by atoms with van der Waals surface area (Å²) in [6, 6.07) is 0. The molecule has 88 valence electrons. The van der Waals surface area contributed by atoms with Gasteiger partial charge in [0.2, 0.25) is 0 Å². The molecule has 0 bridgehead atoms. The van der Waals surface area contributed by atoms with Crippen LogP contribution in [0.15, 0.2) is 0 Å². The predicted molar refractivity (Wildman–Crippen MR) is 58.7 cm³/mol. The van der Waals surface area contributed by atoms with Crippen LogP contribution in [0.1, 0.15) is 26.7 Å². The summed E-state index contributed by atoms with van der Waals surface area (Å²) >= 11 is 0. The summed E-state index contributed by atoms with van der Waals surface area (Å²) in [5, 5.41) is 0.168. The van der Waals surface area contributed by atoms with Crippen LogP contribution in [-0.4, -0.2) is 45.9 Å². The fourth-order valence-corrected chi connectivity index (χ4v) is 3.37. The van der Waals surface area contributed by atoms with Gasteiger partial charge in [0.05, 0.1) is 30.7 Å². The highest BCUT2D eigenvalue weighted by Gasteiger charge is 2.42. The van der Waals surface area contributed by atoms with E-state index in [1.165, 1.54) is 0 Å². The van der Waals surface area contributed by atoms with Crippen LogP contribution in [0.3, 0.4) is 0 Å². The highest BCUT2D eigenvalue weighted by Crippen LogP contribution is 2.31. The number of piperidine rings is 1. The van der Waals surface area contributed by atoms with E-state index in [4.69, 9.17) is 9.47 Å². The molecule has 0 aromatic heterocycles. The average molecular weight is 233 g/mol. The van der Waals surface area contributed by atoms with Crippen molar-refractivity contribution in [2.45, 2.75) is 37.7 Å². The number of hydrogen-bond donors (Lipinski definition) is 0. The van der Waals surface area contributed by atoms with Crippen LogP contribution in [0.5, 0.6) is 0 Å². The summed E-state index contributed by atoms with van der Waals surface area (Å²) in [6.45, 7) is 6.84. The topological polar surface area (TPSA) is 38.8 Å². The van der Waals surface area contributed by atoms with Crippen LogP contribution in [-0.2, 0) is 20.5 Å². The van der Waals surface area contributed by atoms with Crippen molar-refractivity contribution in [1.82, 2.24) is 4.31 Å². The summed E-state index contributed by atoms with van der Waals surface area (Å²) < 4.78 is 25.2. The van der Waals surface area contributed by atoms with Gasteiger partial charge < -0.3 is 9.47 Å². The molecule has 0 saturated carbocycles. The van der Waals surface area contributed by atoms with E-state index >= 15 is 0 Å². The van der Waals surface area contributed by atoms with Crippen LogP contribution in [0.2, 0.25) is 0 Å². The lowest BCUT2D eigenvalue weighted by Crippen LogP contribution is -2.50. The van der Waals surface area contributed by atoms with Crippen molar-refractivity contribution in [3.8, 4) is 0 Å². The Morgan fingerprint density at radius 2 is 2.00 bits per heavy atom. The second-order valence-electron chi connectivity index (χ2n) is 4.40. The van der Waals surface area contributed by atoms with Gasteiger partial charge in [-0.2, -0.15) is 0 Å². The van der Waals surface area contributed by atoms with E-state index in [-0.39, 0.29) is 5.25 Å². The molecule has 0 aliphatic carbocycles. The number of ether oxygens (including phenoxy) is 2. The lowest BCUT2D eigenvalue weighted by atomic mass is 10.1. The normalized spacial score (nSPS) is 28.7. The van der Waals surface area contributed by atoms with Gasteiger partial charge in [0.25, 0.3) is 0 Å². The van der Waals surface area contributed by atoms with E-state index in [1.54, 1.807) is 0 Å². The molecule has 0 amide bonds. The molecule has 4 nitrogen and oxygen atoms in total. The molecule has 2 aliphatic rings. The first-order chi connectivity index (χ1) is 7.13. The summed E-state index contributed by atoms with van der Waals surface area (Å²) in [5.74, 6) is -0.456. The standard InChI is InChI=1S/C10H19NO3S/c1-9(2)15(12)11-5-3-4-10(8-11)13-6-7-14-10/h9H,3-8H2,1-2H3. The summed E-state index contributed by atoms with van der Waals surface area (Å²) in [6.07, 6.45) is 1.93. The molecule has 0 aromatic rings.